The number of aromatic amines is 1. The Labute approximate surface area is 211 Å². The molecule has 0 spiro atoms. The maximum atomic E-state index is 12.6. The lowest BCUT2D eigenvalue weighted by Gasteiger charge is -2.35. The Kier molecular flexibility index (Phi) is 5.84. The monoisotopic (exact) mass is 486 g/mol. The summed E-state index contributed by atoms with van der Waals surface area (Å²) in [5.74, 6) is 1.50. The highest BCUT2D eigenvalue weighted by Gasteiger charge is 2.26. The molecular formula is C28H34N6O2. The minimum absolute atomic E-state index is 0.0689. The summed E-state index contributed by atoms with van der Waals surface area (Å²) in [5.41, 5.74) is 5.34. The predicted octanol–water partition coefficient (Wildman–Crippen LogP) is 3.68. The van der Waals surface area contributed by atoms with Crippen LogP contribution in [0.3, 0.4) is 0 Å². The van der Waals surface area contributed by atoms with Crippen molar-refractivity contribution in [3.05, 3.63) is 53.1 Å². The topological polar surface area (TPSA) is 87.2 Å². The standard InChI is InChI=1S/C28H34N6O2/c1-32-11-13-34(14-12-32)21-6-8-23-20(15-21)17-33(2)26(30-23)25-22-7-5-19(16-24(22)31-28(25)36)27(35)29-10-9-18-3-4-18/h5-8,15-16,18,31,36H,3-4,9-14,17H2,1-2H3,(H,29,35). The number of amides is 1. The number of hydrogen-bond acceptors (Lipinski definition) is 6. The molecule has 1 aliphatic carbocycles. The number of fused-ring (bicyclic) bond motifs is 2. The Morgan fingerprint density at radius 2 is 1.92 bits per heavy atom. The maximum absolute atomic E-state index is 12.6. The van der Waals surface area contributed by atoms with Crippen molar-refractivity contribution in [1.29, 1.82) is 0 Å². The first kappa shape index (κ1) is 22.9. The second kappa shape index (κ2) is 9.17. The molecule has 1 aromatic heterocycles. The van der Waals surface area contributed by atoms with Gasteiger partial charge in [-0.15, -0.1) is 0 Å². The number of H-pyrrole nitrogens is 1. The zero-order chi connectivity index (χ0) is 24.8. The largest absolute Gasteiger partial charge is 0.494 e. The van der Waals surface area contributed by atoms with Crippen molar-refractivity contribution in [2.24, 2.45) is 10.9 Å². The summed E-state index contributed by atoms with van der Waals surface area (Å²) in [6.07, 6.45) is 3.62. The zero-order valence-electron chi connectivity index (χ0n) is 21.0. The fraction of sp³-hybridized carbons (Fsp3) is 0.429. The summed E-state index contributed by atoms with van der Waals surface area (Å²) in [6, 6.07) is 12.0. The van der Waals surface area contributed by atoms with Crippen LogP contribution in [-0.2, 0) is 6.54 Å². The van der Waals surface area contributed by atoms with E-state index >= 15 is 0 Å². The number of aromatic hydroxyl groups is 1. The van der Waals surface area contributed by atoms with E-state index in [1.807, 2.05) is 25.2 Å². The van der Waals surface area contributed by atoms with Gasteiger partial charge >= 0.3 is 0 Å². The fourth-order valence-corrected chi connectivity index (χ4v) is 5.29. The van der Waals surface area contributed by atoms with E-state index in [1.165, 1.54) is 24.1 Å². The van der Waals surface area contributed by atoms with Gasteiger partial charge in [0.1, 0.15) is 5.84 Å². The fourth-order valence-electron chi connectivity index (χ4n) is 5.29. The highest BCUT2D eigenvalue weighted by Crippen LogP contribution is 2.36. The number of aliphatic imine (C=N–C) groups is 1. The molecule has 8 nitrogen and oxygen atoms in total. The lowest BCUT2D eigenvalue weighted by Crippen LogP contribution is -2.44. The summed E-state index contributed by atoms with van der Waals surface area (Å²) in [4.78, 5) is 27.5. The third kappa shape index (κ3) is 4.41. The van der Waals surface area contributed by atoms with Gasteiger partial charge in [-0.3, -0.25) is 4.79 Å². The van der Waals surface area contributed by atoms with Crippen LogP contribution in [0.15, 0.2) is 41.4 Å². The average molecular weight is 487 g/mol. The lowest BCUT2D eigenvalue weighted by molar-refractivity contribution is 0.0953. The Balaban J connectivity index is 1.26. The Morgan fingerprint density at radius 1 is 1.11 bits per heavy atom. The van der Waals surface area contributed by atoms with Gasteiger partial charge in [0, 0.05) is 68.5 Å². The molecule has 3 heterocycles. The Morgan fingerprint density at radius 3 is 2.69 bits per heavy atom. The first-order valence-electron chi connectivity index (χ1n) is 13.0. The van der Waals surface area contributed by atoms with Gasteiger partial charge in [0.15, 0.2) is 0 Å². The molecule has 3 aromatic rings. The van der Waals surface area contributed by atoms with Crippen molar-refractivity contribution in [3.63, 3.8) is 0 Å². The third-order valence-corrected chi connectivity index (χ3v) is 7.73. The summed E-state index contributed by atoms with van der Waals surface area (Å²) < 4.78 is 0. The number of piperazine rings is 1. The van der Waals surface area contributed by atoms with E-state index in [1.54, 1.807) is 0 Å². The number of amidine groups is 1. The molecule has 2 aliphatic heterocycles. The number of anilines is 1. The van der Waals surface area contributed by atoms with Gasteiger partial charge in [0.05, 0.1) is 11.3 Å². The molecule has 2 fully saturated rings. The second-order valence-corrected chi connectivity index (χ2v) is 10.5. The molecule has 8 heteroatoms. The number of benzene rings is 2. The number of nitrogens with one attached hydrogen (secondary N) is 2. The third-order valence-electron chi connectivity index (χ3n) is 7.73. The number of nitrogens with zero attached hydrogens (tertiary/aromatic N) is 4. The summed E-state index contributed by atoms with van der Waals surface area (Å²) in [5, 5.41) is 14.7. The smallest absolute Gasteiger partial charge is 0.251 e. The van der Waals surface area contributed by atoms with Gasteiger partial charge in [-0.2, -0.15) is 0 Å². The molecule has 0 unspecified atom stereocenters. The van der Waals surface area contributed by atoms with E-state index in [0.717, 1.165) is 60.9 Å². The van der Waals surface area contributed by atoms with E-state index in [0.29, 0.717) is 24.2 Å². The van der Waals surface area contributed by atoms with E-state index in [4.69, 9.17) is 4.99 Å². The van der Waals surface area contributed by atoms with Crippen molar-refractivity contribution < 1.29 is 9.90 Å². The van der Waals surface area contributed by atoms with Gasteiger partial charge in [0.25, 0.3) is 5.91 Å². The van der Waals surface area contributed by atoms with Crippen molar-refractivity contribution in [3.8, 4) is 5.88 Å². The molecular weight excluding hydrogens is 452 g/mol. The molecule has 1 saturated heterocycles. The van der Waals surface area contributed by atoms with Crippen molar-refractivity contribution in [2.75, 3.05) is 51.7 Å². The van der Waals surface area contributed by atoms with E-state index < -0.39 is 0 Å². The molecule has 3 aliphatic rings. The summed E-state index contributed by atoms with van der Waals surface area (Å²) >= 11 is 0. The quantitative estimate of drug-likeness (QED) is 0.495. The predicted molar refractivity (Wildman–Crippen MR) is 143 cm³/mol. The molecule has 1 saturated carbocycles. The van der Waals surface area contributed by atoms with Crippen molar-refractivity contribution in [1.82, 2.24) is 20.1 Å². The van der Waals surface area contributed by atoms with Crippen LogP contribution in [0.1, 0.15) is 40.7 Å². The number of hydrogen-bond donors (Lipinski definition) is 3. The van der Waals surface area contributed by atoms with Crippen LogP contribution in [0.5, 0.6) is 5.88 Å². The van der Waals surface area contributed by atoms with Crippen LogP contribution in [0.4, 0.5) is 11.4 Å². The second-order valence-electron chi connectivity index (χ2n) is 10.5. The average Bonchev–Trinajstić information content (AvgIpc) is 3.64. The van der Waals surface area contributed by atoms with Crippen molar-refractivity contribution >= 4 is 34.0 Å². The van der Waals surface area contributed by atoms with Crippen LogP contribution in [0.25, 0.3) is 10.9 Å². The van der Waals surface area contributed by atoms with Gasteiger partial charge < -0.3 is 30.1 Å². The SMILES string of the molecule is CN1CCN(c2ccc3c(c2)CN(C)C(c2c(O)[nH]c4cc(C(=O)NCCC5CC5)ccc24)=N3)CC1. The van der Waals surface area contributed by atoms with Crippen LogP contribution in [0.2, 0.25) is 0 Å². The number of rotatable bonds is 6. The van der Waals surface area contributed by atoms with Crippen LogP contribution < -0.4 is 10.2 Å². The Hall–Kier alpha value is -3.52. The minimum Gasteiger partial charge on any atom is -0.494 e. The van der Waals surface area contributed by atoms with Gasteiger partial charge in [0.2, 0.25) is 5.88 Å². The molecule has 0 radical (unpaired) electrons. The molecule has 2 aromatic carbocycles. The minimum atomic E-state index is -0.0783. The zero-order valence-corrected chi connectivity index (χ0v) is 21.0. The molecule has 36 heavy (non-hydrogen) atoms. The van der Waals surface area contributed by atoms with E-state index in [2.05, 4.69) is 50.2 Å². The number of likely N-dealkylation sites (N-methyl/N-ethyl adjacent to an activating group) is 1. The molecule has 1 amide bonds. The molecule has 0 bridgehead atoms. The van der Waals surface area contributed by atoms with Crippen LogP contribution >= 0.6 is 0 Å². The molecule has 3 N–H and O–H groups in total. The molecule has 6 rings (SSSR count). The lowest BCUT2D eigenvalue weighted by atomic mass is 10.0. The van der Waals surface area contributed by atoms with E-state index in [9.17, 15) is 9.90 Å². The summed E-state index contributed by atoms with van der Waals surface area (Å²) in [7, 11) is 4.17. The Bertz CT molecular complexity index is 1330. The number of aromatic nitrogens is 1. The number of carbonyl (C=O) groups is 1. The van der Waals surface area contributed by atoms with Gasteiger partial charge in [-0.1, -0.05) is 18.9 Å². The first-order chi connectivity index (χ1) is 17.5. The molecule has 188 valence electrons. The maximum Gasteiger partial charge on any atom is 0.251 e. The summed E-state index contributed by atoms with van der Waals surface area (Å²) in [6.45, 7) is 5.63. The van der Waals surface area contributed by atoms with Gasteiger partial charge in [-0.05, 0) is 55.3 Å². The van der Waals surface area contributed by atoms with E-state index in [-0.39, 0.29) is 11.8 Å². The van der Waals surface area contributed by atoms with Crippen molar-refractivity contribution in [2.45, 2.75) is 25.8 Å². The highest BCUT2D eigenvalue weighted by atomic mass is 16.3. The van der Waals surface area contributed by atoms with Gasteiger partial charge in [-0.25, -0.2) is 4.99 Å². The number of carbonyl (C=O) groups excluding carboxylic acids is 1. The molecule has 0 atom stereocenters. The highest BCUT2D eigenvalue weighted by molar-refractivity contribution is 6.14. The normalized spacial score (nSPS) is 18.3. The van der Waals surface area contributed by atoms with Crippen LogP contribution in [-0.4, -0.2) is 78.5 Å². The van der Waals surface area contributed by atoms with Crippen LogP contribution in [0, 0.1) is 5.92 Å². The first-order valence-corrected chi connectivity index (χ1v) is 13.0.